The van der Waals surface area contributed by atoms with Gasteiger partial charge in [0.25, 0.3) is 0 Å². The second-order valence-corrected chi connectivity index (χ2v) is 6.83. The molecule has 0 aromatic carbocycles. The molecule has 1 aliphatic rings. The molecule has 112 valence electrons. The fraction of sp³-hybridized carbons (Fsp3) is 0.643. The van der Waals surface area contributed by atoms with E-state index in [4.69, 9.17) is 4.74 Å². The lowest BCUT2D eigenvalue weighted by Gasteiger charge is -2.39. The standard InChI is InChI=1S/C14H21Br2N3O/c1-3-4-17-9-12-14(19(2)5-6-20-12)13-11(16)7-10(15)8-18-13/h7-8,12,14,17H,3-6,9H2,1-2H3. The van der Waals surface area contributed by atoms with Crippen LogP contribution in [0, 0.1) is 0 Å². The third-order valence-electron chi connectivity index (χ3n) is 3.49. The summed E-state index contributed by atoms with van der Waals surface area (Å²) in [4.78, 5) is 6.91. The van der Waals surface area contributed by atoms with Crippen molar-refractivity contribution in [1.29, 1.82) is 0 Å². The number of ether oxygens (including phenoxy) is 1. The smallest absolute Gasteiger partial charge is 0.0912 e. The van der Waals surface area contributed by atoms with Crippen LogP contribution in [-0.4, -0.2) is 49.3 Å². The van der Waals surface area contributed by atoms with Crippen molar-refractivity contribution in [3.8, 4) is 0 Å². The summed E-state index contributed by atoms with van der Waals surface area (Å²) in [6, 6.07) is 2.22. The van der Waals surface area contributed by atoms with Crippen molar-refractivity contribution in [2.45, 2.75) is 25.5 Å². The fourth-order valence-corrected chi connectivity index (χ4v) is 3.70. The van der Waals surface area contributed by atoms with Crippen LogP contribution < -0.4 is 5.32 Å². The lowest BCUT2D eigenvalue weighted by Crippen LogP contribution is -2.48. The molecule has 2 unspecified atom stereocenters. The molecule has 1 aromatic heterocycles. The first-order valence-corrected chi connectivity index (χ1v) is 8.55. The molecule has 4 nitrogen and oxygen atoms in total. The van der Waals surface area contributed by atoms with Gasteiger partial charge in [-0.15, -0.1) is 0 Å². The van der Waals surface area contributed by atoms with E-state index in [1.54, 1.807) is 0 Å². The SMILES string of the molecule is CCCNCC1OCCN(C)C1c1ncc(Br)cc1Br. The van der Waals surface area contributed by atoms with Crippen molar-refractivity contribution in [3.05, 3.63) is 26.9 Å². The van der Waals surface area contributed by atoms with Crippen LogP contribution in [0.3, 0.4) is 0 Å². The third kappa shape index (κ3) is 4.01. The zero-order valence-electron chi connectivity index (χ0n) is 11.9. The number of morpholine rings is 1. The highest BCUT2D eigenvalue weighted by molar-refractivity contribution is 9.11. The van der Waals surface area contributed by atoms with E-state index in [2.05, 4.69) is 61.0 Å². The van der Waals surface area contributed by atoms with Crippen LogP contribution in [0.25, 0.3) is 0 Å². The third-order valence-corrected chi connectivity index (χ3v) is 4.56. The molecule has 2 atom stereocenters. The van der Waals surface area contributed by atoms with Crippen molar-refractivity contribution >= 4 is 31.9 Å². The van der Waals surface area contributed by atoms with Crippen LogP contribution in [0.2, 0.25) is 0 Å². The predicted octanol–water partition coefficient (Wildman–Crippen LogP) is 2.98. The first-order chi connectivity index (χ1) is 9.63. The Kier molecular flexibility index (Phi) is 6.42. The van der Waals surface area contributed by atoms with Gasteiger partial charge in [-0.2, -0.15) is 0 Å². The topological polar surface area (TPSA) is 37.4 Å². The van der Waals surface area contributed by atoms with Crippen molar-refractivity contribution in [2.75, 3.05) is 33.3 Å². The average Bonchev–Trinajstić information content (AvgIpc) is 2.41. The number of nitrogens with one attached hydrogen (secondary N) is 1. The predicted molar refractivity (Wildman–Crippen MR) is 87.9 cm³/mol. The van der Waals surface area contributed by atoms with E-state index in [0.717, 1.165) is 47.3 Å². The van der Waals surface area contributed by atoms with Gasteiger partial charge in [0, 0.05) is 28.2 Å². The largest absolute Gasteiger partial charge is 0.374 e. The molecule has 6 heteroatoms. The Balaban J connectivity index is 2.18. The summed E-state index contributed by atoms with van der Waals surface area (Å²) >= 11 is 7.08. The second-order valence-electron chi connectivity index (χ2n) is 5.06. The highest BCUT2D eigenvalue weighted by atomic mass is 79.9. The maximum absolute atomic E-state index is 5.97. The summed E-state index contributed by atoms with van der Waals surface area (Å²) in [5.74, 6) is 0. The molecule has 1 N–H and O–H groups in total. The number of rotatable bonds is 5. The number of likely N-dealkylation sites (N-methyl/N-ethyl adjacent to an activating group) is 1. The van der Waals surface area contributed by atoms with Gasteiger partial charge < -0.3 is 10.1 Å². The summed E-state index contributed by atoms with van der Waals surface area (Å²) in [7, 11) is 2.14. The van der Waals surface area contributed by atoms with E-state index >= 15 is 0 Å². The normalized spacial score (nSPS) is 24.0. The quantitative estimate of drug-likeness (QED) is 0.762. The Morgan fingerprint density at radius 3 is 3.00 bits per heavy atom. The van der Waals surface area contributed by atoms with E-state index in [-0.39, 0.29) is 12.1 Å². The summed E-state index contributed by atoms with van der Waals surface area (Å²) in [5.41, 5.74) is 1.04. The molecule has 2 rings (SSSR count). The van der Waals surface area contributed by atoms with E-state index in [1.165, 1.54) is 0 Å². The van der Waals surface area contributed by atoms with Gasteiger partial charge in [0.05, 0.1) is 24.4 Å². The summed E-state index contributed by atoms with van der Waals surface area (Å²) < 4.78 is 7.97. The van der Waals surface area contributed by atoms with E-state index in [9.17, 15) is 0 Å². The molecule has 1 aliphatic heterocycles. The number of hydrogen-bond donors (Lipinski definition) is 1. The maximum atomic E-state index is 5.97. The molecule has 0 amide bonds. The average molecular weight is 407 g/mol. The first kappa shape index (κ1) is 16.4. The minimum Gasteiger partial charge on any atom is -0.374 e. The minimum absolute atomic E-state index is 0.130. The molecule has 20 heavy (non-hydrogen) atoms. The lowest BCUT2D eigenvalue weighted by atomic mass is 10.0. The summed E-state index contributed by atoms with van der Waals surface area (Å²) in [6.07, 6.45) is 3.11. The Morgan fingerprint density at radius 2 is 2.30 bits per heavy atom. The Hall–Kier alpha value is -0.0100. The van der Waals surface area contributed by atoms with Gasteiger partial charge in [-0.25, -0.2) is 0 Å². The molecule has 2 heterocycles. The zero-order valence-corrected chi connectivity index (χ0v) is 15.1. The molecular weight excluding hydrogens is 386 g/mol. The van der Waals surface area contributed by atoms with Crippen LogP contribution in [0.1, 0.15) is 25.1 Å². The number of pyridine rings is 1. The van der Waals surface area contributed by atoms with Crippen LogP contribution in [0.5, 0.6) is 0 Å². The van der Waals surface area contributed by atoms with E-state index < -0.39 is 0 Å². The van der Waals surface area contributed by atoms with Gasteiger partial charge in [-0.1, -0.05) is 6.92 Å². The second kappa shape index (κ2) is 7.84. The van der Waals surface area contributed by atoms with Crippen LogP contribution in [0.15, 0.2) is 21.2 Å². The molecular formula is C14H21Br2N3O. The number of hydrogen-bond acceptors (Lipinski definition) is 4. The van der Waals surface area contributed by atoms with Crippen molar-refractivity contribution < 1.29 is 4.74 Å². The molecule has 1 aromatic rings. The number of halogens is 2. The van der Waals surface area contributed by atoms with Gasteiger partial charge in [0.2, 0.25) is 0 Å². The minimum atomic E-state index is 0.130. The fourth-order valence-electron chi connectivity index (χ4n) is 2.48. The van der Waals surface area contributed by atoms with Crippen molar-refractivity contribution in [3.63, 3.8) is 0 Å². The highest BCUT2D eigenvalue weighted by Crippen LogP contribution is 2.32. The molecule has 1 fully saturated rings. The van der Waals surface area contributed by atoms with Crippen molar-refractivity contribution in [1.82, 2.24) is 15.2 Å². The Morgan fingerprint density at radius 1 is 1.50 bits per heavy atom. The Bertz CT molecular complexity index is 444. The molecule has 0 spiro atoms. The molecule has 0 bridgehead atoms. The molecule has 1 saturated heterocycles. The van der Waals surface area contributed by atoms with Crippen LogP contribution >= 0.6 is 31.9 Å². The van der Waals surface area contributed by atoms with Gasteiger partial charge in [-0.05, 0) is 57.9 Å². The summed E-state index contributed by atoms with van der Waals surface area (Å²) in [5, 5.41) is 3.45. The van der Waals surface area contributed by atoms with Gasteiger partial charge in [-0.3, -0.25) is 9.88 Å². The monoisotopic (exact) mass is 405 g/mol. The van der Waals surface area contributed by atoms with E-state index in [1.807, 2.05) is 12.3 Å². The first-order valence-electron chi connectivity index (χ1n) is 6.97. The van der Waals surface area contributed by atoms with Gasteiger partial charge >= 0.3 is 0 Å². The van der Waals surface area contributed by atoms with Gasteiger partial charge in [0.1, 0.15) is 0 Å². The zero-order chi connectivity index (χ0) is 14.5. The number of nitrogens with zero attached hydrogens (tertiary/aromatic N) is 2. The maximum Gasteiger partial charge on any atom is 0.0912 e. The van der Waals surface area contributed by atoms with Crippen molar-refractivity contribution in [2.24, 2.45) is 0 Å². The molecule has 0 saturated carbocycles. The molecule has 0 radical (unpaired) electrons. The lowest BCUT2D eigenvalue weighted by molar-refractivity contribution is -0.0628. The number of aromatic nitrogens is 1. The van der Waals surface area contributed by atoms with Crippen LogP contribution in [-0.2, 0) is 4.74 Å². The Labute approximate surface area is 137 Å². The highest BCUT2D eigenvalue weighted by Gasteiger charge is 2.33. The van der Waals surface area contributed by atoms with Crippen LogP contribution in [0.4, 0.5) is 0 Å². The van der Waals surface area contributed by atoms with Gasteiger partial charge in [0.15, 0.2) is 0 Å². The molecule has 0 aliphatic carbocycles. The van der Waals surface area contributed by atoms with E-state index in [0.29, 0.717) is 0 Å². The summed E-state index contributed by atoms with van der Waals surface area (Å²) in [6.45, 7) is 5.75.